The van der Waals surface area contributed by atoms with E-state index in [1.807, 2.05) is 0 Å². The van der Waals surface area contributed by atoms with Crippen molar-refractivity contribution in [3.8, 4) is 11.5 Å². The van der Waals surface area contributed by atoms with Crippen molar-refractivity contribution < 1.29 is 14.6 Å². The summed E-state index contributed by atoms with van der Waals surface area (Å²) in [6.07, 6.45) is 1.41. The van der Waals surface area contributed by atoms with Crippen LogP contribution in [0.1, 0.15) is 5.56 Å². The van der Waals surface area contributed by atoms with Gasteiger partial charge in [0, 0.05) is 0 Å². The molecule has 10 heteroatoms. The Morgan fingerprint density at radius 3 is 3.10 bits per heavy atom. The molecule has 4 N–H and O–H groups in total. The predicted octanol–water partition coefficient (Wildman–Crippen LogP) is -0.880. The molecule has 0 unspecified atom stereocenters. The van der Waals surface area contributed by atoms with E-state index in [9.17, 15) is 9.90 Å². The predicted molar refractivity (Wildman–Crippen MR) is 72.6 cm³/mol. The number of anilines is 1. The maximum absolute atomic E-state index is 11.6. The lowest BCUT2D eigenvalue weighted by atomic mass is 10.2. The highest BCUT2D eigenvalue weighted by Gasteiger charge is 2.06. The van der Waals surface area contributed by atoms with Gasteiger partial charge < -0.3 is 15.6 Å². The Morgan fingerprint density at radius 2 is 2.43 bits per heavy atom. The molecule has 1 amide bonds. The van der Waals surface area contributed by atoms with Crippen LogP contribution in [-0.2, 0) is 11.3 Å². The number of aromatic hydroxyl groups is 1. The molecule has 0 aliphatic heterocycles. The number of nitrogens with one attached hydrogen (secondary N) is 1. The minimum atomic E-state index is -0.434. The van der Waals surface area contributed by atoms with Gasteiger partial charge in [0.25, 0.3) is 5.91 Å². The van der Waals surface area contributed by atoms with Crippen molar-refractivity contribution in [1.29, 1.82) is 0 Å². The van der Waals surface area contributed by atoms with E-state index in [0.717, 1.165) is 4.68 Å². The molecule has 2 rings (SSSR count). The van der Waals surface area contributed by atoms with Crippen LogP contribution in [-0.4, -0.2) is 44.5 Å². The molecule has 0 aliphatic carbocycles. The maximum atomic E-state index is 11.6. The smallest absolute Gasteiger partial charge is 0.261 e. The van der Waals surface area contributed by atoms with Crippen LogP contribution in [0.5, 0.6) is 11.5 Å². The number of nitrogens with two attached hydrogens (primary N) is 1. The second kappa shape index (κ2) is 6.32. The molecule has 0 saturated heterocycles. The molecular formula is C11H13N7O3. The fraction of sp³-hybridized carbons (Fsp3) is 0.182. The van der Waals surface area contributed by atoms with Gasteiger partial charge in [-0.15, -0.1) is 0 Å². The summed E-state index contributed by atoms with van der Waals surface area (Å²) in [6.45, 7) is -0.144. The van der Waals surface area contributed by atoms with Gasteiger partial charge in [-0.3, -0.25) is 4.79 Å². The summed E-state index contributed by atoms with van der Waals surface area (Å²) in [4.78, 5) is 11.6. The largest absolute Gasteiger partial charge is 0.504 e. The van der Waals surface area contributed by atoms with Gasteiger partial charge in [0.05, 0.1) is 13.3 Å². The van der Waals surface area contributed by atoms with Gasteiger partial charge >= 0.3 is 0 Å². The average Bonchev–Trinajstić information content (AvgIpc) is 2.86. The van der Waals surface area contributed by atoms with Gasteiger partial charge in [0.2, 0.25) is 5.95 Å². The van der Waals surface area contributed by atoms with Crippen LogP contribution in [0.25, 0.3) is 0 Å². The summed E-state index contributed by atoms with van der Waals surface area (Å²) in [5.41, 5.74) is 8.37. The first-order valence-electron chi connectivity index (χ1n) is 5.80. The van der Waals surface area contributed by atoms with Crippen LogP contribution in [0.15, 0.2) is 23.3 Å². The Kier molecular flexibility index (Phi) is 4.29. The normalized spacial score (nSPS) is 10.7. The third kappa shape index (κ3) is 3.65. The van der Waals surface area contributed by atoms with Crippen molar-refractivity contribution in [2.24, 2.45) is 5.10 Å². The molecule has 0 atom stereocenters. The number of nitrogens with zero attached hydrogens (tertiary/aromatic N) is 5. The first-order chi connectivity index (χ1) is 10.1. The van der Waals surface area contributed by atoms with E-state index < -0.39 is 5.91 Å². The zero-order valence-electron chi connectivity index (χ0n) is 11.1. The standard InChI is InChI=1S/C11H13N7O3/c1-21-9-4-7(2-3-8(9)19)5-13-14-10(20)6-18-11(12)15-16-17-18/h2-5,19H,6H2,1H3,(H,14,20)(H2,12,15,17)/b13-5-. The quantitative estimate of drug-likeness (QED) is 0.480. The molecule has 2 aromatic rings. The number of hydrogen-bond donors (Lipinski definition) is 3. The molecule has 110 valence electrons. The van der Waals surface area contributed by atoms with Gasteiger partial charge in [0.15, 0.2) is 11.5 Å². The molecular weight excluding hydrogens is 278 g/mol. The first-order valence-corrected chi connectivity index (χ1v) is 5.80. The van der Waals surface area contributed by atoms with E-state index in [1.54, 1.807) is 12.1 Å². The van der Waals surface area contributed by atoms with Gasteiger partial charge in [-0.1, -0.05) is 5.10 Å². The van der Waals surface area contributed by atoms with Crippen LogP contribution < -0.4 is 15.9 Å². The van der Waals surface area contributed by atoms with E-state index in [2.05, 4.69) is 26.1 Å². The van der Waals surface area contributed by atoms with E-state index in [4.69, 9.17) is 10.5 Å². The molecule has 1 aromatic heterocycles. The van der Waals surface area contributed by atoms with Crippen molar-refractivity contribution in [2.45, 2.75) is 6.54 Å². The summed E-state index contributed by atoms with van der Waals surface area (Å²) in [6, 6.07) is 4.65. The highest BCUT2D eigenvalue weighted by atomic mass is 16.5. The number of nitrogen functional groups attached to an aromatic ring is 1. The van der Waals surface area contributed by atoms with E-state index in [-0.39, 0.29) is 18.2 Å². The monoisotopic (exact) mass is 291 g/mol. The third-order valence-corrected chi connectivity index (χ3v) is 2.46. The van der Waals surface area contributed by atoms with Crippen molar-refractivity contribution >= 4 is 18.1 Å². The Morgan fingerprint density at radius 1 is 1.62 bits per heavy atom. The molecule has 0 fully saturated rings. The van der Waals surface area contributed by atoms with Crippen LogP contribution >= 0.6 is 0 Å². The number of phenols is 1. The number of hydrogen-bond acceptors (Lipinski definition) is 8. The topological polar surface area (TPSA) is 141 Å². The average molecular weight is 291 g/mol. The molecule has 0 radical (unpaired) electrons. The second-order valence-corrected chi connectivity index (χ2v) is 3.92. The first kappa shape index (κ1) is 14.2. The second-order valence-electron chi connectivity index (χ2n) is 3.92. The third-order valence-electron chi connectivity index (χ3n) is 2.46. The summed E-state index contributed by atoms with van der Waals surface area (Å²) in [5, 5.41) is 23.5. The zero-order valence-corrected chi connectivity index (χ0v) is 11.1. The molecule has 0 bridgehead atoms. The van der Waals surface area contributed by atoms with E-state index in [0.29, 0.717) is 11.3 Å². The van der Waals surface area contributed by atoms with Gasteiger partial charge in [-0.05, 0) is 34.2 Å². The van der Waals surface area contributed by atoms with Gasteiger partial charge in [0.1, 0.15) is 6.54 Å². The summed E-state index contributed by atoms with van der Waals surface area (Å²) in [7, 11) is 1.44. The lowest BCUT2D eigenvalue weighted by molar-refractivity contribution is -0.121. The number of benzene rings is 1. The summed E-state index contributed by atoms with van der Waals surface area (Å²) < 4.78 is 6.09. The van der Waals surface area contributed by atoms with Crippen LogP contribution in [0.2, 0.25) is 0 Å². The minimum Gasteiger partial charge on any atom is -0.504 e. The van der Waals surface area contributed by atoms with Crippen LogP contribution in [0, 0.1) is 0 Å². The van der Waals surface area contributed by atoms with E-state index in [1.165, 1.54) is 19.4 Å². The van der Waals surface area contributed by atoms with Crippen molar-refractivity contribution in [3.63, 3.8) is 0 Å². The number of rotatable bonds is 5. The number of phenolic OH excluding ortho intramolecular Hbond substituents is 1. The molecule has 0 saturated carbocycles. The lowest BCUT2D eigenvalue weighted by Gasteiger charge is -2.03. The number of hydrazone groups is 1. The molecule has 0 aliphatic rings. The molecule has 1 aromatic carbocycles. The van der Waals surface area contributed by atoms with Crippen molar-refractivity contribution in [3.05, 3.63) is 23.8 Å². The zero-order chi connectivity index (χ0) is 15.2. The molecule has 21 heavy (non-hydrogen) atoms. The highest BCUT2D eigenvalue weighted by molar-refractivity contribution is 5.83. The Balaban J connectivity index is 1.93. The number of tetrazole rings is 1. The van der Waals surface area contributed by atoms with Crippen molar-refractivity contribution in [2.75, 3.05) is 12.8 Å². The Hall–Kier alpha value is -3.17. The van der Waals surface area contributed by atoms with Crippen LogP contribution in [0.3, 0.4) is 0 Å². The molecule has 0 spiro atoms. The minimum absolute atomic E-state index is 0.0212. The molecule has 10 nitrogen and oxygen atoms in total. The number of methoxy groups -OCH3 is 1. The highest BCUT2D eigenvalue weighted by Crippen LogP contribution is 2.25. The number of amides is 1. The number of aromatic nitrogens is 4. The SMILES string of the molecule is COc1cc(/C=N\NC(=O)Cn2nnnc2N)ccc1O. The lowest BCUT2D eigenvalue weighted by Crippen LogP contribution is -2.24. The summed E-state index contributed by atoms with van der Waals surface area (Å²) in [5.74, 6) is -0.0621. The fourth-order valence-corrected chi connectivity index (χ4v) is 1.45. The van der Waals surface area contributed by atoms with Crippen LogP contribution in [0.4, 0.5) is 5.95 Å². The Labute approximate surface area is 119 Å². The molecule has 1 heterocycles. The fourth-order valence-electron chi connectivity index (χ4n) is 1.45. The Bertz CT molecular complexity index is 668. The maximum Gasteiger partial charge on any atom is 0.261 e. The number of ether oxygens (including phenoxy) is 1. The van der Waals surface area contributed by atoms with Crippen molar-refractivity contribution in [1.82, 2.24) is 25.6 Å². The van der Waals surface area contributed by atoms with Gasteiger partial charge in [-0.2, -0.15) is 5.10 Å². The summed E-state index contributed by atoms with van der Waals surface area (Å²) >= 11 is 0. The van der Waals surface area contributed by atoms with Gasteiger partial charge in [-0.25, -0.2) is 10.1 Å². The van der Waals surface area contributed by atoms with E-state index >= 15 is 0 Å². The number of carbonyl (C=O) groups is 1. The number of carbonyl (C=O) groups excluding carboxylic acids is 1.